The third-order valence-corrected chi connectivity index (χ3v) is 7.43. The first-order valence-corrected chi connectivity index (χ1v) is 14.0. The van der Waals surface area contributed by atoms with E-state index in [1.54, 1.807) is 54.6 Å². The molecule has 9 heteroatoms. The van der Waals surface area contributed by atoms with Crippen LogP contribution in [0.3, 0.4) is 0 Å². The molecule has 0 saturated carbocycles. The molecule has 0 bridgehead atoms. The summed E-state index contributed by atoms with van der Waals surface area (Å²) < 4.78 is 14.5. The summed E-state index contributed by atoms with van der Waals surface area (Å²) in [5, 5.41) is 8.26. The Balaban J connectivity index is 1.43. The lowest BCUT2D eigenvalue weighted by Crippen LogP contribution is -2.30. The van der Waals surface area contributed by atoms with Crippen molar-refractivity contribution in [2.45, 2.75) is 18.7 Å². The Morgan fingerprint density at radius 2 is 1.54 bits per heavy atom. The van der Waals surface area contributed by atoms with E-state index in [0.29, 0.717) is 11.3 Å². The molecular formula is C32H27ClFN3O3S. The van der Waals surface area contributed by atoms with E-state index < -0.39 is 17.6 Å². The van der Waals surface area contributed by atoms with Gasteiger partial charge in [-0.2, -0.15) is 0 Å². The predicted octanol–water partition coefficient (Wildman–Crippen LogP) is 7.24. The number of hydrogen-bond acceptors (Lipinski definition) is 4. The van der Waals surface area contributed by atoms with Gasteiger partial charge in [-0.15, -0.1) is 11.8 Å². The average molecular weight is 588 g/mol. The third kappa shape index (κ3) is 8.30. The second-order valence-electron chi connectivity index (χ2n) is 9.13. The lowest BCUT2D eigenvalue weighted by Gasteiger charge is -2.12. The SMILES string of the molecule is Cc1ccc(NC(=O)CSc2ccc(NC(=O)/C(=C/c3c(F)cccc3Cl)NC(=O)c3ccccc3)cc2)cc1C. The minimum absolute atomic E-state index is 0.0292. The third-order valence-electron chi connectivity index (χ3n) is 6.09. The summed E-state index contributed by atoms with van der Waals surface area (Å²) in [6, 6.07) is 25.1. The van der Waals surface area contributed by atoms with Crippen LogP contribution in [-0.4, -0.2) is 23.5 Å². The standard InChI is InChI=1S/C32H27ClFN3O3S/c1-20-11-12-24(17-21(20)2)35-30(38)19-41-25-15-13-23(14-16-25)36-32(40)29(18-26-27(33)9-6-10-28(26)34)37-31(39)22-7-4-3-5-8-22/h3-18H,19H2,1-2H3,(H,35,38)(H,36,40)(H,37,39)/b29-18-. The number of amides is 3. The number of anilines is 2. The maximum atomic E-state index is 14.5. The van der Waals surface area contributed by atoms with Crippen molar-refractivity contribution in [3.05, 3.63) is 130 Å². The van der Waals surface area contributed by atoms with Crippen LogP contribution in [0.4, 0.5) is 15.8 Å². The van der Waals surface area contributed by atoms with Gasteiger partial charge >= 0.3 is 0 Å². The van der Waals surface area contributed by atoms with Gasteiger partial charge in [0.15, 0.2) is 0 Å². The van der Waals surface area contributed by atoms with Gasteiger partial charge in [-0.05, 0) is 91.7 Å². The van der Waals surface area contributed by atoms with Crippen LogP contribution < -0.4 is 16.0 Å². The molecule has 0 fully saturated rings. The van der Waals surface area contributed by atoms with Gasteiger partial charge in [0.05, 0.1) is 10.8 Å². The number of aryl methyl sites for hydroxylation is 2. The van der Waals surface area contributed by atoms with Crippen LogP contribution in [0.25, 0.3) is 6.08 Å². The molecule has 0 unspecified atom stereocenters. The Hall–Kier alpha value is -4.40. The molecule has 4 aromatic carbocycles. The van der Waals surface area contributed by atoms with Gasteiger partial charge in [0, 0.05) is 27.4 Å². The smallest absolute Gasteiger partial charge is 0.272 e. The highest BCUT2D eigenvalue weighted by molar-refractivity contribution is 8.00. The zero-order chi connectivity index (χ0) is 29.4. The summed E-state index contributed by atoms with van der Waals surface area (Å²) in [6.07, 6.45) is 1.20. The van der Waals surface area contributed by atoms with E-state index in [1.165, 1.54) is 36.0 Å². The minimum Gasteiger partial charge on any atom is -0.325 e. The van der Waals surface area contributed by atoms with Crippen molar-refractivity contribution in [2.24, 2.45) is 0 Å². The van der Waals surface area contributed by atoms with Crippen LogP contribution in [0.1, 0.15) is 27.0 Å². The Labute approximate surface area is 247 Å². The van der Waals surface area contributed by atoms with E-state index in [9.17, 15) is 18.8 Å². The van der Waals surface area contributed by atoms with Crippen molar-refractivity contribution in [2.75, 3.05) is 16.4 Å². The summed E-state index contributed by atoms with van der Waals surface area (Å²) in [4.78, 5) is 39.2. The molecule has 0 saturated heterocycles. The monoisotopic (exact) mass is 587 g/mol. The molecule has 0 aromatic heterocycles. The fourth-order valence-electron chi connectivity index (χ4n) is 3.73. The van der Waals surface area contributed by atoms with E-state index in [4.69, 9.17) is 11.6 Å². The van der Waals surface area contributed by atoms with Crippen molar-refractivity contribution < 1.29 is 18.8 Å². The zero-order valence-corrected chi connectivity index (χ0v) is 23.9. The molecule has 0 aliphatic carbocycles. The number of rotatable bonds is 9. The molecule has 0 heterocycles. The van der Waals surface area contributed by atoms with E-state index in [1.807, 2.05) is 32.0 Å². The second-order valence-corrected chi connectivity index (χ2v) is 10.6. The van der Waals surface area contributed by atoms with E-state index in [2.05, 4.69) is 16.0 Å². The molecule has 6 nitrogen and oxygen atoms in total. The lowest BCUT2D eigenvalue weighted by atomic mass is 10.1. The van der Waals surface area contributed by atoms with E-state index >= 15 is 0 Å². The summed E-state index contributed by atoms with van der Waals surface area (Å²) in [5.74, 6) is -1.77. The number of thioether (sulfide) groups is 1. The highest BCUT2D eigenvalue weighted by Crippen LogP contribution is 2.24. The molecule has 4 aromatic rings. The number of benzene rings is 4. The highest BCUT2D eigenvalue weighted by Gasteiger charge is 2.17. The van der Waals surface area contributed by atoms with Crippen molar-refractivity contribution in [1.82, 2.24) is 5.32 Å². The average Bonchev–Trinajstić information content (AvgIpc) is 2.96. The lowest BCUT2D eigenvalue weighted by molar-refractivity contribution is -0.114. The molecule has 0 radical (unpaired) electrons. The number of halogens is 2. The molecule has 41 heavy (non-hydrogen) atoms. The first-order valence-electron chi connectivity index (χ1n) is 12.6. The number of nitrogens with one attached hydrogen (secondary N) is 3. The highest BCUT2D eigenvalue weighted by atomic mass is 35.5. The van der Waals surface area contributed by atoms with Gasteiger partial charge in [0.2, 0.25) is 5.91 Å². The molecule has 0 aliphatic rings. The first kappa shape index (κ1) is 29.6. The van der Waals surface area contributed by atoms with Crippen LogP contribution in [-0.2, 0) is 9.59 Å². The van der Waals surface area contributed by atoms with Gasteiger partial charge < -0.3 is 16.0 Å². The number of carbonyl (C=O) groups is 3. The fraction of sp³-hybridized carbons (Fsp3) is 0.0938. The Morgan fingerprint density at radius 1 is 0.829 bits per heavy atom. The first-order chi connectivity index (χ1) is 19.7. The second kappa shape index (κ2) is 13.8. The maximum Gasteiger partial charge on any atom is 0.272 e. The normalized spacial score (nSPS) is 11.1. The van der Waals surface area contributed by atoms with Crippen molar-refractivity contribution in [1.29, 1.82) is 0 Å². The zero-order valence-electron chi connectivity index (χ0n) is 22.3. The van der Waals surface area contributed by atoms with Gasteiger partial charge in [0.25, 0.3) is 11.8 Å². The van der Waals surface area contributed by atoms with Crippen LogP contribution >= 0.6 is 23.4 Å². The van der Waals surface area contributed by atoms with E-state index in [-0.39, 0.29) is 27.9 Å². The molecule has 0 atom stereocenters. The molecular weight excluding hydrogens is 561 g/mol. The number of hydrogen-bond donors (Lipinski definition) is 3. The van der Waals surface area contributed by atoms with Crippen LogP contribution in [0.2, 0.25) is 5.02 Å². The van der Waals surface area contributed by atoms with Gasteiger partial charge in [-0.3, -0.25) is 14.4 Å². The Bertz CT molecular complexity index is 1590. The van der Waals surface area contributed by atoms with Gasteiger partial charge in [0.1, 0.15) is 11.5 Å². The molecule has 4 rings (SSSR count). The summed E-state index contributed by atoms with van der Waals surface area (Å²) in [7, 11) is 0. The largest absolute Gasteiger partial charge is 0.325 e. The Morgan fingerprint density at radius 3 is 2.22 bits per heavy atom. The fourth-order valence-corrected chi connectivity index (χ4v) is 4.65. The van der Waals surface area contributed by atoms with Crippen LogP contribution in [0, 0.1) is 19.7 Å². The topological polar surface area (TPSA) is 87.3 Å². The molecule has 0 aliphatic heterocycles. The van der Waals surface area contributed by atoms with Gasteiger partial charge in [-0.1, -0.05) is 41.9 Å². The molecule has 208 valence electrons. The maximum absolute atomic E-state index is 14.5. The predicted molar refractivity (Wildman–Crippen MR) is 164 cm³/mol. The van der Waals surface area contributed by atoms with Crippen LogP contribution in [0.5, 0.6) is 0 Å². The van der Waals surface area contributed by atoms with Gasteiger partial charge in [-0.25, -0.2) is 4.39 Å². The summed E-state index contributed by atoms with van der Waals surface area (Å²) in [6.45, 7) is 4.00. The Kier molecular flexibility index (Phi) is 9.95. The molecule has 0 spiro atoms. The van der Waals surface area contributed by atoms with Crippen molar-refractivity contribution in [3.63, 3.8) is 0 Å². The van der Waals surface area contributed by atoms with Crippen molar-refractivity contribution in [3.8, 4) is 0 Å². The molecule has 3 amide bonds. The quantitative estimate of drug-likeness (QED) is 0.142. The van der Waals surface area contributed by atoms with E-state index in [0.717, 1.165) is 21.7 Å². The number of carbonyl (C=O) groups excluding carboxylic acids is 3. The molecule has 3 N–H and O–H groups in total. The minimum atomic E-state index is -0.665. The van der Waals surface area contributed by atoms with Crippen LogP contribution in [0.15, 0.2) is 102 Å². The van der Waals surface area contributed by atoms with Crippen molar-refractivity contribution >= 4 is 58.5 Å². The summed E-state index contributed by atoms with van der Waals surface area (Å²) >= 11 is 7.51. The summed E-state index contributed by atoms with van der Waals surface area (Å²) in [5.41, 5.74) is 3.55.